The molecule has 4 nitrogen and oxygen atoms in total. The van der Waals surface area contributed by atoms with E-state index in [1.807, 2.05) is 18.2 Å². The van der Waals surface area contributed by atoms with Gasteiger partial charge in [0.05, 0.1) is 10.6 Å². The van der Waals surface area contributed by atoms with Crippen molar-refractivity contribution in [2.75, 3.05) is 6.54 Å². The lowest BCUT2D eigenvalue weighted by Gasteiger charge is -2.31. The van der Waals surface area contributed by atoms with E-state index in [9.17, 15) is 9.59 Å². The summed E-state index contributed by atoms with van der Waals surface area (Å²) in [5.74, 6) is -0.493. The van der Waals surface area contributed by atoms with Gasteiger partial charge in [0.15, 0.2) is 0 Å². The van der Waals surface area contributed by atoms with Crippen LogP contribution in [0.15, 0.2) is 42.5 Å². The van der Waals surface area contributed by atoms with Crippen LogP contribution in [-0.2, 0) is 17.8 Å². The summed E-state index contributed by atoms with van der Waals surface area (Å²) in [6, 6.07) is 12.1. The van der Waals surface area contributed by atoms with Crippen LogP contribution < -0.4 is 5.32 Å². The van der Waals surface area contributed by atoms with Crippen LogP contribution >= 0.6 is 23.2 Å². The van der Waals surface area contributed by atoms with E-state index in [1.54, 1.807) is 24.0 Å². The molecule has 3 rings (SSSR count). The molecule has 0 unspecified atom stereocenters. The Bertz CT molecular complexity index is 823. The Balaban J connectivity index is 1.66. The van der Waals surface area contributed by atoms with Gasteiger partial charge in [-0.1, -0.05) is 47.5 Å². The van der Waals surface area contributed by atoms with E-state index in [0.29, 0.717) is 23.7 Å². The number of amides is 2. The normalized spacial score (nSPS) is 14.6. The third-order valence-corrected chi connectivity index (χ3v) is 4.88. The lowest BCUT2D eigenvalue weighted by molar-refractivity contribution is -0.133. The van der Waals surface area contributed by atoms with Crippen LogP contribution in [0.3, 0.4) is 0 Å². The summed E-state index contributed by atoms with van der Waals surface area (Å²) in [5, 5.41) is 3.44. The number of fused-ring (bicyclic) bond motifs is 1. The fourth-order valence-electron chi connectivity index (χ4n) is 2.97. The SMILES string of the molecule is C[C@H](NC(=O)c1ccc(Cl)cc1Cl)C(=O)N1CCc2ccccc2C1. The summed E-state index contributed by atoms with van der Waals surface area (Å²) in [6.45, 7) is 2.90. The minimum atomic E-state index is -0.635. The van der Waals surface area contributed by atoms with Crippen molar-refractivity contribution in [3.63, 3.8) is 0 Å². The number of nitrogens with zero attached hydrogens (tertiary/aromatic N) is 1. The van der Waals surface area contributed by atoms with Crippen molar-refractivity contribution >= 4 is 35.0 Å². The molecule has 1 N–H and O–H groups in total. The molecule has 1 aliphatic rings. The van der Waals surface area contributed by atoms with Crippen LogP contribution in [-0.4, -0.2) is 29.3 Å². The van der Waals surface area contributed by atoms with E-state index in [0.717, 1.165) is 12.0 Å². The fraction of sp³-hybridized carbons (Fsp3) is 0.263. The number of halogens is 2. The zero-order chi connectivity index (χ0) is 18.0. The largest absolute Gasteiger partial charge is 0.340 e. The summed E-state index contributed by atoms with van der Waals surface area (Å²) in [5.41, 5.74) is 2.73. The van der Waals surface area contributed by atoms with Crippen LogP contribution in [0.25, 0.3) is 0 Å². The Morgan fingerprint density at radius 2 is 1.84 bits per heavy atom. The lowest BCUT2D eigenvalue weighted by atomic mass is 9.99. The molecular weight excluding hydrogens is 359 g/mol. The molecule has 1 aliphatic heterocycles. The third-order valence-electron chi connectivity index (χ3n) is 4.34. The minimum Gasteiger partial charge on any atom is -0.340 e. The maximum Gasteiger partial charge on any atom is 0.253 e. The first-order valence-corrected chi connectivity index (χ1v) is 8.83. The van der Waals surface area contributed by atoms with Crippen molar-refractivity contribution in [1.82, 2.24) is 10.2 Å². The van der Waals surface area contributed by atoms with Gasteiger partial charge in [-0.15, -0.1) is 0 Å². The molecule has 0 fully saturated rings. The summed E-state index contributed by atoms with van der Waals surface area (Å²) in [7, 11) is 0. The monoisotopic (exact) mass is 376 g/mol. The maximum absolute atomic E-state index is 12.7. The molecule has 0 bridgehead atoms. The number of rotatable bonds is 3. The van der Waals surface area contributed by atoms with E-state index in [1.165, 1.54) is 11.6 Å². The van der Waals surface area contributed by atoms with E-state index >= 15 is 0 Å². The molecule has 6 heteroatoms. The highest BCUT2D eigenvalue weighted by molar-refractivity contribution is 6.36. The zero-order valence-electron chi connectivity index (χ0n) is 13.8. The summed E-state index contributed by atoms with van der Waals surface area (Å²) >= 11 is 11.9. The Labute approximate surface area is 156 Å². The first-order valence-electron chi connectivity index (χ1n) is 8.07. The third kappa shape index (κ3) is 3.97. The molecule has 2 amide bonds. The molecular formula is C19H18Cl2N2O2. The second kappa shape index (κ2) is 7.46. The number of carbonyl (C=O) groups is 2. The van der Waals surface area contributed by atoms with Crippen LogP contribution in [0, 0.1) is 0 Å². The molecule has 130 valence electrons. The van der Waals surface area contributed by atoms with Gasteiger partial charge in [-0.05, 0) is 42.7 Å². The number of carbonyl (C=O) groups excluding carboxylic acids is 2. The summed E-state index contributed by atoms with van der Waals surface area (Å²) < 4.78 is 0. The number of hydrogen-bond donors (Lipinski definition) is 1. The molecule has 2 aromatic rings. The Morgan fingerprint density at radius 1 is 1.12 bits per heavy atom. The molecule has 1 heterocycles. The first kappa shape index (κ1) is 17.8. The topological polar surface area (TPSA) is 49.4 Å². The van der Waals surface area contributed by atoms with Gasteiger partial charge in [-0.2, -0.15) is 0 Å². The van der Waals surface area contributed by atoms with Crippen molar-refractivity contribution in [2.24, 2.45) is 0 Å². The Morgan fingerprint density at radius 3 is 2.56 bits per heavy atom. The molecule has 0 radical (unpaired) electrons. The van der Waals surface area contributed by atoms with Gasteiger partial charge in [-0.3, -0.25) is 9.59 Å². The van der Waals surface area contributed by atoms with Gasteiger partial charge in [0.25, 0.3) is 5.91 Å². The van der Waals surface area contributed by atoms with Crippen LogP contribution in [0.2, 0.25) is 10.0 Å². The number of nitrogens with one attached hydrogen (secondary N) is 1. The van der Waals surface area contributed by atoms with E-state index in [2.05, 4.69) is 11.4 Å². The van der Waals surface area contributed by atoms with Crippen LogP contribution in [0.5, 0.6) is 0 Å². The van der Waals surface area contributed by atoms with E-state index in [4.69, 9.17) is 23.2 Å². The highest BCUT2D eigenvalue weighted by Gasteiger charge is 2.26. The predicted octanol–water partition coefficient (Wildman–Crippen LogP) is 3.70. The van der Waals surface area contributed by atoms with Gasteiger partial charge in [-0.25, -0.2) is 0 Å². The van der Waals surface area contributed by atoms with Gasteiger partial charge in [0.1, 0.15) is 6.04 Å². The average Bonchev–Trinajstić information content (AvgIpc) is 2.60. The maximum atomic E-state index is 12.7. The zero-order valence-corrected chi connectivity index (χ0v) is 15.3. The van der Waals surface area contributed by atoms with Crippen molar-refractivity contribution in [3.8, 4) is 0 Å². The molecule has 0 aromatic heterocycles. The van der Waals surface area contributed by atoms with Gasteiger partial charge in [0.2, 0.25) is 5.91 Å². The second-order valence-electron chi connectivity index (χ2n) is 6.10. The second-order valence-corrected chi connectivity index (χ2v) is 6.94. The summed E-state index contributed by atoms with van der Waals surface area (Å²) in [6.07, 6.45) is 0.825. The van der Waals surface area contributed by atoms with Crippen LogP contribution in [0.4, 0.5) is 0 Å². The van der Waals surface area contributed by atoms with Crippen molar-refractivity contribution in [3.05, 3.63) is 69.2 Å². The minimum absolute atomic E-state index is 0.104. The van der Waals surface area contributed by atoms with Gasteiger partial charge < -0.3 is 10.2 Å². The summed E-state index contributed by atoms with van der Waals surface area (Å²) in [4.78, 5) is 26.8. The molecule has 0 saturated carbocycles. The first-order chi connectivity index (χ1) is 12.0. The standard InChI is InChI=1S/C19H18Cl2N2O2/c1-12(22-18(24)16-7-6-15(20)10-17(16)21)19(25)23-9-8-13-4-2-3-5-14(13)11-23/h2-7,10,12H,8-9,11H2,1H3,(H,22,24)/t12-/m0/s1. The molecule has 0 saturated heterocycles. The van der Waals surface area contributed by atoms with Crippen molar-refractivity contribution in [2.45, 2.75) is 25.9 Å². The van der Waals surface area contributed by atoms with Gasteiger partial charge >= 0.3 is 0 Å². The number of benzene rings is 2. The predicted molar refractivity (Wildman–Crippen MR) is 99.0 cm³/mol. The van der Waals surface area contributed by atoms with Gasteiger partial charge in [0, 0.05) is 18.1 Å². The Kier molecular flexibility index (Phi) is 5.30. The van der Waals surface area contributed by atoms with E-state index < -0.39 is 6.04 Å². The van der Waals surface area contributed by atoms with Crippen LogP contribution in [0.1, 0.15) is 28.4 Å². The molecule has 2 aromatic carbocycles. The highest BCUT2D eigenvalue weighted by atomic mass is 35.5. The molecule has 0 aliphatic carbocycles. The smallest absolute Gasteiger partial charge is 0.253 e. The highest BCUT2D eigenvalue weighted by Crippen LogP contribution is 2.22. The number of hydrogen-bond acceptors (Lipinski definition) is 2. The van der Waals surface area contributed by atoms with Crippen molar-refractivity contribution < 1.29 is 9.59 Å². The fourth-order valence-corrected chi connectivity index (χ4v) is 3.46. The van der Waals surface area contributed by atoms with Crippen molar-refractivity contribution in [1.29, 1.82) is 0 Å². The average molecular weight is 377 g/mol. The quantitative estimate of drug-likeness (QED) is 0.887. The van der Waals surface area contributed by atoms with E-state index in [-0.39, 0.29) is 16.8 Å². The Hall–Kier alpha value is -2.04. The molecule has 0 spiro atoms. The lowest BCUT2D eigenvalue weighted by Crippen LogP contribution is -2.48. The molecule has 25 heavy (non-hydrogen) atoms. The molecule has 1 atom stereocenters.